The Morgan fingerprint density at radius 2 is 2.13 bits per heavy atom. The first-order valence-electron chi connectivity index (χ1n) is 10.9. The first-order chi connectivity index (χ1) is 15.1. The van der Waals surface area contributed by atoms with Crippen LogP contribution in [0.1, 0.15) is 26.2 Å². The zero-order valence-corrected chi connectivity index (χ0v) is 19.5. The molecule has 1 aliphatic heterocycles. The summed E-state index contributed by atoms with van der Waals surface area (Å²) in [6.45, 7) is 6.79. The predicted octanol–water partition coefficient (Wildman–Crippen LogP) is 5.17. The Labute approximate surface area is 193 Å². The SMILES string of the molecule is CC1CCCN(CCCNC(=O)Cn2cccc2-c2nc(-c3ccc(Cl)cc3)cs2)C1. The minimum Gasteiger partial charge on any atom is -0.355 e. The molecule has 1 fully saturated rings. The molecule has 2 aromatic heterocycles. The summed E-state index contributed by atoms with van der Waals surface area (Å²) in [5.41, 5.74) is 2.91. The van der Waals surface area contributed by atoms with Gasteiger partial charge in [-0.1, -0.05) is 30.7 Å². The molecule has 7 heteroatoms. The summed E-state index contributed by atoms with van der Waals surface area (Å²) in [5, 5.41) is 6.73. The summed E-state index contributed by atoms with van der Waals surface area (Å²) < 4.78 is 1.96. The number of benzene rings is 1. The summed E-state index contributed by atoms with van der Waals surface area (Å²) in [5.74, 6) is 0.834. The largest absolute Gasteiger partial charge is 0.355 e. The number of aromatic nitrogens is 2. The lowest BCUT2D eigenvalue weighted by Crippen LogP contribution is -2.37. The number of nitrogens with one attached hydrogen (secondary N) is 1. The molecule has 1 amide bonds. The van der Waals surface area contributed by atoms with Gasteiger partial charge < -0.3 is 14.8 Å². The fourth-order valence-electron chi connectivity index (χ4n) is 4.12. The molecule has 1 aromatic carbocycles. The summed E-state index contributed by atoms with van der Waals surface area (Å²) >= 11 is 7.57. The highest BCUT2D eigenvalue weighted by Crippen LogP contribution is 2.29. The monoisotopic (exact) mass is 456 g/mol. The summed E-state index contributed by atoms with van der Waals surface area (Å²) in [6, 6.07) is 11.7. The standard InChI is InChI=1S/C24H29ClN4OS/c1-18-5-2-12-28(15-18)13-4-11-26-23(30)16-29-14-3-6-22(29)24-27-21(17-31-24)19-7-9-20(25)10-8-19/h3,6-10,14,17-18H,2,4-5,11-13,15-16H2,1H3,(H,26,30). The minimum absolute atomic E-state index is 0.0407. The number of piperidine rings is 1. The van der Waals surface area contributed by atoms with Crippen molar-refractivity contribution >= 4 is 28.8 Å². The van der Waals surface area contributed by atoms with Crippen LogP contribution in [0, 0.1) is 5.92 Å². The van der Waals surface area contributed by atoms with Gasteiger partial charge in [0.05, 0.1) is 11.4 Å². The fraction of sp³-hybridized carbons (Fsp3) is 0.417. The lowest BCUT2D eigenvalue weighted by atomic mass is 10.0. The molecule has 5 nitrogen and oxygen atoms in total. The average molecular weight is 457 g/mol. The van der Waals surface area contributed by atoms with Crippen molar-refractivity contribution in [3.8, 4) is 22.0 Å². The van der Waals surface area contributed by atoms with Crippen molar-refractivity contribution in [1.82, 2.24) is 19.8 Å². The van der Waals surface area contributed by atoms with Gasteiger partial charge in [-0.25, -0.2) is 4.98 Å². The van der Waals surface area contributed by atoms with E-state index in [0.717, 1.165) is 47.4 Å². The molecule has 1 saturated heterocycles. The van der Waals surface area contributed by atoms with Gasteiger partial charge in [0, 0.05) is 35.3 Å². The van der Waals surface area contributed by atoms with Crippen LogP contribution in [-0.4, -0.2) is 46.5 Å². The van der Waals surface area contributed by atoms with E-state index in [1.807, 2.05) is 52.5 Å². The lowest BCUT2D eigenvalue weighted by molar-refractivity contribution is -0.121. The van der Waals surface area contributed by atoms with Crippen molar-refractivity contribution in [3.63, 3.8) is 0 Å². The fourth-order valence-corrected chi connectivity index (χ4v) is 5.12. The maximum Gasteiger partial charge on any atom is 0.239 e. The number of hydrogen-bond acceptors (Lipinski definition) is 4. The van der Waals surface area contributed by atoms with Gasteiger partial charge >= 0.3 is 0 Å². The third-order valence-electron chi connectivity index (χ3n) is 5.72. The number of carbonyl (C=O) groups is 1. The normalized spacial score (nSPS) is 17.0. The van der Waals surface area contributed by atoms with Crippen LogP contribution in [-0.2, 0) is 11.3 Å². The number of likely N-dealkylation sites (tertiary alicyclic amines) is 1. The smallest absolute Gasteiger partial charge is 0.239 e. The molecule has 3 heterocycles. The molecule has 1 unspecified atom stereocenters. The van der Waals surface area contributed by atoms with Crippen molar-refractivity contribution in [2.45, 2.75) is 32.7 Å². The van der Waals surface area contributed by atoms with Gasteiger partial charge in [-0.2, -0.15) is 0 Å². The molecule has 164 valence electrons. The maximum absolute atomic E-state index is 12.5. The summed E-state index contributed by atoms with van der Waals surface area (Å²) in [6.07, 6.45) is 5.56. The molecule has 1 aliphatic rings. The van der Waals surface area contributed by atoms with E-state index in [-0.39, 0.29) is 5.91 Å². The number of amides is 1. The summed E-state index contributed by atoms with van der Waals surface area (Å²) in [7, 11) is 0. The van der Waals surface area contributed by atoms with Gasteiger partial charge in [0.2, 0.25) is 5.91 Å². The van der Waals surface area contributed by atoms with Crippen molar-refractivity contribution in [2.75, 3.05) is 26.2 Å². The van der Waals surface area contributed by atoms with Crippen LogP contribution in [0.3, 0.4) is 0 Å². The highest BCUT2D eigenvalue weighted by atomic mass is 35.5. The van der Waals surface area contributed by atoms with E-state index in [1.165, 1.54) is 25.9 Å². The molecule has 0 radical (unpaired) electrons. The molecule has 4 rings (SSSR count). The Balaban J connectivity index is 1.29. The number of nitrogens with zero attached hydrogens (tertiary/aromatic N) is 3. The highest BCUT2D eigenvalue weighted by molar-refractivity contribution is 7.13. The van der Waals surface area contributed by atoms with Crippen LogP contribution in [0.15, 0.2) is 48.0 Å². The molecular formula is C24H29ClN4OS. The Hall–Kier alpha value is -2.15. The van der Waals surface area contributed by atoms with E-state index in [1.54, 1.807) is 11.3 Å². The van der Waals surface area contributed by atoms with E-state index < -0.39 is 0 Å². The van der Waals surface area contributed by atoms with Crippen LogP contribution in [0.4, 0.5) is 0 Å². The van der Waals surface area contributed by atoms with Crippen LogP contribution in [0.25, 0.3) is 22.0 Å². The quantitative estimate of drug-likeness (QED) is 0.475. The number of rotatable bonds is 8. The summed E-state index contributed by atoms with van der Waals surface area (Å²) in [4.78, 5) is 19.8. The van der Waals surface area contributed by atoms with Gasteiger partial charge in [0.1, 0.15) is 11.6 Å². The zero-order valence-electron chi connectivity index (χ0n) is 17.9. The van der Waals surface area contributed by atoms with Gasteiger partial charge in [-0.15, -0.1) is 11.3 Å². The molecule has 0 saturated carbocycles. The third-order valence-corrected chi connectivity index (χ3v) is 6.84. The Bertz CT molecular complexity index is 997. The second kappa shape index (κ2) is 10.4. The number of thiazole rings is 1. The molecule has 0 bridgehead atoms. The van der Waals surface area contributed by atoms with Crippen molar-refractivity contribution < 1.29 is 4.79 Å². The van der Waals surface area contributed by atoms with E-state index in [2.05, 4.69) is 17.1 Å². The lowest BCUT2D eigenvalue weighted by Gasteiger charge is -2.30. The molecule has 3 aromatic rings. The van der Waals surface area contributed by atoms with Crippen molar-refractivity contribution in [1.29, 1.82) is 0 Å². The maximum atomic E-state index is 12.5. The number of hydrogen-bond donors (Lipinski definition) is 1. The van der Waals surface area contributed by atoms with Crippen molar-refractivity contribution in [3.05, 3.63) is 53.0 Å². The minimum atomic E-state index is 0.0407. The van der Waals surface area contributed by atoms with Crippen LogP contribution in [0.2, 0.25) is 5.02 Å². The number of carbonyl (C=O) groups excluding carboxylic acids is 1. The average Bonchev–Trinajstić information content (AvgIpc) is 3.41. The Morgan fingerprint density at radius 3 is 2.94 bits per heavy atom. The van der Waals surface area contributed by atoms with Crippen LogP contribution in [0.5, 0.6) is 0 Å². The van der Waals surface area contributed by atoms with E-state index in [0.29, 0.717) is 11.6 Å². The third kappa shape index (κ3) is 5.97. The highest BCUT2D eigenvalue weighted by Gasteiger charge is 2.16. The molecule has 1 atom stereocenters. The second-order valence-electron chi connectivity index (χ2n) is 8.32. The van der Waals surface area contributed by atoms with E-state index >= 15 is 0 Å². The van der Waals surface area contributed by atoms with Gasteiger partial charge in [0.15, 0.2) is 0 Å². The van der Waals surface area contributed by atoms with Gasteiger partial charge in [0.25, 0.3) is 0 Å². The second-order valence-corrected chi connectivity index (χ2v) is 9.61. The van der Waals surface area contributed by atoms with E-state index in [9.17, 15) is 4.79 Å². The first-order valence-corrected chi connectivity index (χ1v) is 12.2. The molecule has 1 N–H and O–H groups in total. The Morgan fingerprint density at radius 1 is 1.29 bits per heavy atom. The van der Waals surface area contributed by atoms with Crippen LogP contribution < -0.4 is 5.32 Å². The zero-order chi connectivity index (χ0) is 21.6. The number of halogens is 1. The molecule has 0 spiro atoms. The molecule has 31 heavy (non-hydrogen) atoms. The first kappa shape index (κ1) is 22.1. The topological polar surface area (TPSA) is 50.2 Å². The predicted molar refractivity (Wildman–Crippen MR) is 128 cm³/mol. The Kier molecular flexibility index (Phi) is 7.43. The van der Waals surface area contributed by atoms with Crippen LogP contribution >= 0.6 is 22.9 Å². The molecular weight excluding hydrogens is 428 g/mol. The van der Waals surface area contributed by atoms with Crippen molar-refractivity contribution in [2.24, 2.45) is 5.92 Å². The molecule has 0 aliphatic carbocycles. The van der Waals surface area contributed by atoms with Gasteiger partial charge in [-0.05, 0) is 62.5 Å². The van der Waals surface area contributed by atoms with E-state index in [4.69, 9.17) is 16.6 Å². The van der Waals surface area contributed by atoms with Gasteiger partial charge in [-0.3, -0.25) is 4.79 Å².